The van der Waals surface area contributed by atoms with Crippen molar-refractivity contribution in [3.05, 3.63) is 35.9 Å². The van der Waals surface area contributed by atoms with Crippen LogP contribution < -0.4 is 10.6 Å². The average Bonchev–Trinajstić information content (AvgIpc) is 3.17. The molecule has 3 heteroatoms. The van der Waals surface area contributed by atoms with Crippen LogP contribution in [-0.4, -0.2) is 25.6 Å². The second-order valence-corrected chi connectivity index (χ2v) is 5.27. The summed E-state index contributed by atoms with van der Waals surface area (Å²) in [6, 6.07) is 11.2. The maximum atomic E-state index is 4.29. The number of nitrogens with zero attached hydrogens (tertiary/aromatic N) is 1. The van der Waals surface area contributed by atoms with Gasteiger partial charge in [0.2, 0.25) is 0 Å². The van der Waals surface area contributed by atoms with Gasteiger partial charge in [0.15, 0.2) is 5.96 Å². The molecule has 1 fully saturated rings. The van der Waals surface area contributed by atoms with Gasteiger partial charge >= 0.3 is 0 Å². The Morgan fingerprint density at radius 2 is 2.11 bits per heavy atom. The molecule has 0 aromatic heterocycles. The summed E-state index contributed by atoms with van der Waals surface area (Å²) < 4.78 is 0. The van der Waals surface area contributed by atoms with Gasteiger partial charge in [-0.05, 0) is 30.7 Å². The Bertz CT molecular complexity index is 400. The van der Waals surface area contributed by atoms with E-state index in [1.165, 1.54) is 24.8 Å². The summed E-state index contributed by atoms with van der Waals surface area (Å²) >= 11 is 0. The molecule has 3 nitrogen and oxygen atoms in total. The van der Waals surface area contributed by atoms with Crippen LogP contribution in [0.2, 0.25) is 0 Å². The number of rotatable bonds is 6. The van der Waals surface area contributed by atoms with E-state index in [4.69, 9.17) is 0 Å². The lowest BCUT2D eigenvalue weighted by Crippen LogP contribution is -2.40. The number of benzene rings is 1. The Kier molecular flexibility index (Phi) is 5.25. The molecule has 2 atom stereocenters. The van der Waals surface area contributed by atoms with Crippen molar-refractivity contribution in [2.45, 2.75) is 38.6 Å². The molecule has 0 heterocycles. The maximum absolute atomic E-state index is 4.29. The smallest absolute Gasteiger partial charge is 0.191 e. The predicted octanol–water partition coefficient (Wildman–Crippen LogP) is 2.58. The molecule has 0 radical (unpaired) electrons. The van der Waals surface area contributed by atoms with E-state index in [1.54, 1.807) is 0 Å². The summed E-state index contributed by atoms with van der Waals surface area (Å²) in [5.74, 6) is 1.80. The van der Waals surface area contributed by atoms with Crippen LogP contribution in [0.4, 0.5) is 0 Å². The van der Waals surface area contributed by atoms with E-state index in [9.17, 15) is 0 Å². The number of guanidine groups is 1. The molecule has 1 aromatic carbocycles. The van der Waals surface area contributed by atoms with Crippen molar-refractivity contribution in [3.8, 4) is 0 Å². The van der Waals surface area contributed by atoms with Gasteiger partial charge in [-0.3, -0.25) is 4.99 Å². The van der Waals surface area contributed by atoms with E-state index < -0.39 is 0 Å². The van der Waals surface area contributed by atoms with Crippen molar-refractivity contribution in [3.63, 3.8) is 0 Å². The molecule has 1 aliphatic carbocycles. The van der Waals surface area contributed by atoms with E-state index in [2.05, 4.69) is 52.9 Å². The maximum Gasteiger partial charge on any atom is 0.191 e. The van der Waals surface area contributed by atoms with Gasteiger partial charge in [0.05, 0.1) is 0 Å². The summed E-state index contributed by atoms with van der Waals surface area (Å²) in [5.41, 5.74) is 1.36. The van der Waals surface area contributed by atoms with Crippen molar-refractivity contribution in [1.82, 2.24) is 10.6 Å². The Morgan fingerprint density at radius 1 is 1.32 bits per heavy atom. The molecule has 0 spiro atoms. The molecule has 2 N–H and O–H groups in total. The second-order valence-electron chi connectivity index (χ2n) is 5.27. The van der Waals surface area contributed by atoms with Gasteiger partial charge in [0, 0.05) is 19.6 Å². The standard InChI is InChI=1S/C16H25N3/c1-3-7-14-12-15(14)19-16(17-2)18-11-10-13-8-5-4-6-9-13/h4-6,8-9,14-15H,3,7,10-12H2,1-2H3,(H2,17,18,19). The molecule has 0 bridgehead atoms. The largest absolute Gasteiger partial charge is 0.356 e. The van der Waals surface area contributed by atoms with E-state index in [0.29, 0.717) is 6.04 Å². The average molecular weight is 259 g/mol. The Morgan fingerprint density at radius 3 is 2.79 bits per heavy atom. The zero-order valence-corrected chi connectivity index (χ0v) is 12.0. The second kappa shape index (κ2) is 7.17. The first-order valence-electron chi connectivity index (χ1n) is 7.34. The lowest BCUT2D eigenvalue weighted by atomic mass is 10.1. The first-order valence-corrected chi connectivity index (χ1v) is 7.34. The number of hydrogen-bond acceptors (Lipinski definition) is 1. The van der Waals surface area contributed by atoms with Crippen molar-refractivity contribution < 1.29 is 0 Å². The molecule has 1 aromatic rings. The predicted molar refractivity (Wildman–Crippen MR) is 81.4 cm³/mol. The van der Waals surface area contributed by atoms with Crippen molar-refractivity contribution >= 4 is 5.96 Å². The molecule has 1 aliphatic rings. The molecule has 2 unspecified atom stereocenters. The molecule has 2 rings (SSSR count). The van der Waals surface area contributed by atoms with Crippen LogP contribution in [0, 0.1) is 5.92 Å². The Hall–Kier alpha value is -1.51. The molecular formula is C16H25N3. The first-order chi connectivity index (χ1) is 9.33. The topological polar surface area (TPSA) is 36.4 Å². The third kappa shape index (κ3) is 4.58. The highest BCUT2D eigenvalue weighted by Crippen LogP contribution is 2.34. The minimum absolute atomic E-state index is 0.642. The molecule has 19 heavy (non-hydrogen) atoms. The summed E-state index contributed by atoms with van der Waals surface area (Å²) in [5, 5.41) is 6.89. The summed E-state index contributed by atoms with van der Waals surface area (Å²) in [7, 11) is 1.84. The molecule has 104 valence electrons. The monoisotopic (exact) mass is 259 g/mol. The zero-order valence-electron chi connectivity index (χ0n) is 12.0. The van der Waals surface area contributed by atoms with Crippen LogP contribution >= 0.6 is 0 Å². The fraction of sp³-hybridized carbons (Fsp3) is 0.562. The highest BCUT2D eigenvalue weighted by atomic mass is 15.2. The third-order valence-electron chi connectivity index (χ3n) is 3.68. The van der Waals surface area contributed by atoms with Crippen molar-refractivity contribution in [2.75, 3.05) is 13.6 Å². The summed E-state index contributed by atoms with van der Waals surface area (Å²) in [6.07, 6.45) is 4.94. The quantitative estimate of drug-likeness (QED) is 0.608. The summed E-state index contributed by atoms with van der Waals surface area (Å²) in [6.45, 7) is 3.18. The van der Waals surface area contributed by atoms with E-state index in [0.717, 1.165) is 24.8 Å². The van der Waals surface area contributed by atoms with Crippen LogP contribution in [0.15, 0.2) is 35.3 Å². The van der Waals surface area contributed by atoms with Gasteiger partial charge in [-0.25, -0.2) is 0 Å². The fourth-order valence-electron chi connectivity index (χ4n) is 2.45. The van der Waals surface area contributed by atoms with Crippen LogP contribution in [0.25, 0.3) is 0 Å². The van der Waals surface area contributed by atoms with Gasteiger partial charge < -0.3 is 10.6 Å². The van der Waals surface area contributed by atoms with Gasteiger partial charge in [-0.1, -0.05) is 43.7 Å². The zero-order chi connectivity index (χ0) is 13.5. The van der Waals surface area contributed by atoms with Crippen LogP contribution in [0.1, 0.15) is 31.7 Å². The lowest BCUT2D eigenvalue weighted by molar-refractivity contribution is 0.655. The van der Waals surface area contributed by atoms with Crippen LogP contribution in [0.3, 0.4) is 0 Å². The fourth-order valence-corrected chi connectivity index (χ4v) is 2.45. The number of aliphatic imine (C=N–C) groups is 1. The molecule has 1 saturated carbocycles. The molecule has 0 aliphatic heterocycles. The SMILES string of the molecule is CCCC1CC1NC(=NC)NCCc1ccccc1. The Labute approximate surface area is 116 Å². The van der Waals surface area contributed by atoms with E-state index in [1.807, 2.05) is 7.05 Å². The molecule has 0 saturated heterocycles. The van der Waals surface area contributed by atoms with Crippen LogP contribution in [0.5, 0.6) is 0 Å². The normalized spacial score (nSPS) is 22.1. The number of hydrogen-bond donors (Lipinski definition) is 2. The first kappa shape index (κ1) is 13.9. The van der Waals surface area contributed by atoms with E-state index >= 15 is 0 Å². The van der Waals surface area contributed by atoms with Gasteiger partial charge in [-0.15, -0.1) is 0 Å². The van der Waals surface area contributed by atoms with Gasteiger partial charge in [0.1, 0.15) is 0 Å². The molecule has 0 amide bonds. The summed E-state index contributed by atoms with van der Waals surface area (Å²) in [4.78, 5) is 4.29. The van der Waals surface area contributed by atoms with Crippen LogP contribution in [-0.2, 0) is 6.42 Å². The highest BCUT2D eigenvalue weighted by molar-refractivity contribution is 5.80. The lowest BCUT2D eigenvalue weighted by Gasteiger charge is -2.11. The van der Waals surface area contributed by atoms with Gasteiger partial charge in [0.25, 0.3) is 0 Å². The molecular weight excluding hydrogens is 234 g/mol. The Balaban J connectivity index is 1.66. The number of nitrogens with one attached hydrogen (secondary N) is 2. The highest BCUT2D eigenvalue weighted by Gasteiger charge is 2.36. The van der Waals surface area contributed by atoms with Gasteiger partial charge in [-0.2, -0.15) is 0 Å². The minimum atomic E-state index is 0.642. The minimum Gasteiger partial charge on any atom is -0.356 e. The van der Waals surface area contributed by atoms with Crippen molar-refractivity contribution in [2.24, 2.45) is 10.9 Å². The third-order valence-corrected chi connectivity index (χ3v) is 3.68. The van der Waals surface area contributed by atoms with Crippen molar-refractivity contribution in [1.29, 1.82) is 0 Å². The van der Waals surface area contributed by atoms with E-state index in [-0.39, 0.29) is 0 Å².